The Morgan fingerprint density at radius 2 is 1.71 bits per heavy atom. The highest BCUT2D eigenvalue weighted by Crippen LogP contribution is 2.35. The maximum absolute atomic E-state index is 14.2. The van der Waals surface area contributed by atoms with Crippen molar-refractivity contribution in [1.82, 2.24) is 20.9 Å². The Morgan fingerprint density at radius 3 is 2.33 bits per heavy atom. The highest BCUT2D eigenvalue weighted by molar-refractivity contribution is 6.01. The number of hydrogen-bond donors (Lipinski definition) is 3. The Morgan fingerprint density at radius 1 is 1.00 bits per heavy atom. The molecule has 0 spiro atoms. The maximum Gasteiger partial charge on any atom is 0.338 e. The van der Waals surface area contributed by atoms with Gasteiger partial charge in [-0.25, -0.2) is 28.1 Å². The Hall–Kier alpha value is -4.23. The van der Waals surface area contributed by atoms with E-state index in [2.05, 4.69) is 20.9 Å². The second kappa shape index (κ2) is 14.1. The first-order valence-electron chi connectivity index (χ1n) is 13.5. The number of ether oxygens (including phenoxy) is 3. The highest BCUT2D eigenvalue weighted by Gasteiger charge is 2.43. The van der Waals surface area contributed by atoms with Crippen LogP contribution < -0.4 is 25.6 Å². The molecular formula is C29H35F2N5O6. The molecule has 0 unspecified atom stereocenters. The average molecular weight is 588 g/mol. The molecule has 1 fully saturated rings. The summed E-state index contributed by atoms with van der Waals surface area (Å²) in [7, 11) is 4.13. The number of esters is 1. The zero-order chi connectivity index (χ0) is 30.2. The van der Waals surface area contributed by atoms with Crippen molar-refractivity contribution < 1.29 is 37.4 Å². The summed E-state index contributed by atoms with van der Waals surface area (Å²) in [4.78, 5) is 42.3. The first kappa shape index (κ1) is 30.7. The van der Waals surface area contributed by atoms with Crippen LogP contribution in [0.15, 0.2) is 53.7 Å². The van der Waals surface area contributed by atoms with Gasteiger partial charge in [-0.05, 0) is 54.8 Å². The van der Waals surface area contributed by atoms with E-state index in [1.807, 2.05) is 24.3 Å². The Kier molecular flexibility index (Phi) is 10.3. The number of nitrogens with zero attached hydrogens (tertiary/aromatic N) is 2. The summed E-state index contributed by atoms with van der Waals surface area (Å²) in [5, 5.41) is 8.60. The standard InChI is InChI=1S/C29H35F2N5O6/c1-40-17-24-25(27(37)42-3)26(18-4-9-22(30)23(31)16-18)36(29(39)34-24)28(38)33-13-12-32-19-10-14-35(15-11-19)20-5-7-21(41-2)8-6-20/h4-9,16,19,26,32H,10-15,17H2,1-3H3,(H,33,38)(H,34,39)/t26-/m0/s1. The van der Waals surface area contributed by atoms with Crippen LogP contribution in [0.3, 0.4) is 0 Å². The van der Waals surface area contributed by atoms with Crippen LogP contribution in [-0.2, 0) is 14.3 Å². The summed E-state index contributed by atoms with van der Waals surface area (Å²) in [6.45, 7) is 2.15. The van der Waals surface area contributed by atoms with Gasteiger partial charge in [-0.1, -0.05) is 6.07 Å². The molecule has 0 bridgehead atoms. The first-order chi connectivity index (χ1) is 20.3. The van der Waals surface area contributed by atoms with Gasteiger partial charge in [0.2, 0.25) is 0 Å². The minimum atomic E-state index is -1.39. The summed E-state index contributed by atoms with van der Waals surface area (Å²) < 4.78 is 43.2. The molecule has 0 radical (unpaired) electrons. The Balaban J connectivity index is 1.39. The quantitative estimate of drug-likeness (QED) is 0.287. The van der Waals surface area contributed by atoms with Crippen LogP contribution in [0, 0.1) is 11.6 Å². The summed E-state index contributed by atoms with van der Waals surface area (Å²) >= 11 is 0. The summed E-state index contributed by atoms with van der Waals surface area (Å²) in [6, 6.07) is 8.02. The van der Waals surface area contributed by atoms with E-state index in [1.54, 1.807) is 7.11 Å². The number of hydrogen-bond acceptors (Lipinski definition) is 8. The number of amides is 4. The van der Waals surface area contributed by atoms with Crippen LogP contribution in [0.4, 0.5) is 24.1 Å². The number of benzene rings is 2. The van der Waals surface area contributed by atoms with Crippen molar-refractivity contribution in [3.05, 3.63) is 70.9 Å². The molecule has 1 saturated heterocycles. The van der Waals surface area contributed by atoms with Crippen molar-refractivity contribution in [2.75, 3.05) is 59.0 Å². The first-order valence-corrected chi connectivity index (χ1v) is 13.5. The van der Waals surface area contributed by atoms with Crippen molar-refractivity contribution in [2.24, 2.45) is 0 Å². The molecule has 2 aromatic rings. The van der Waals surface area contributed by atoms with Crippen LogP contribution in [0.2, 0.25) is 0 Å². The molecule has 0 saturated carbocycles. The predicted octanol–water partition coefficient (Wildman–Crippen LogP) is 3.08. The molecule has 11 nitrogen and oxygen atoms in total. The molecule has 226 valence electrons. The number of nitrogens with one attached hydrogen (secondary N) is 3. The zero-order valence-electron chi connectivity index (χ0n) is 23.7. The largest absolute Gasteiger partial charge is 0.497 e. The fraction of sp³-hybridized carbons (Fsp3) is 0.414. The minimum absolute atomic E-state index is 0.00893. The van der Waals surface area contributed by atoms with Crippen molar-refractivity contribution in [1.29, 1.82) is 0 Å². The van der Waals surface area contributed by atoms with Crippen LogP contribution in [0.25, 0.3) is 0 Å². The topological polar surface area (TPSA) is 121 Å². The Labute approximate surface area is 242 Å². The van der Waals surface area contributed by atoms with E-state index in [0.29, 0.717) is 6.54 Å². The van der Waals surface area contributed by atoms with E-state index in [4.69, 9.17) is 14.2 Å². The van der Waals surface area contributed by atoms with E-state index < -0.39 is 35.7 Å². The lowest BCUT2D eigenvalue weighted by atomic mass is 9.93. The number of imide groups is 1. The van der Waals surface area contributed by atoms with Crippen molar-refractivity contribution in [2.45, 2.75) is 24.9 Å². The van der Waals surface area contributed by atoms with Gasteiger partial charge in [-0.2, -0.15) is 0 Å². The van der Waals surface area contributed by atoms with Gasteiger partial charge in [0.15, 0.2) is 11.6 Å². The monoisotopic (exact) mass is 587 g/mol. The summed E-state index contributed by atoms with van der Waals surface area (Å²) in [5.41, 5.74) is 1.05. The number of carbonyl (C=O) groups excluding carboxylic acids is 3. The van der Waals surface area contributed by atoms with Crippen molar-refractivity contribution in [3.8, 4) is 5.75 Å². The average Bonchev–Trinajstić information content (AvgIpc) is 3.00. The lowest BCUT2D eigenvalue weighted by Crippen LogP contribution is -2.56. The van der Waals surface area contributed by atoms with Gasteiger partial charge in [0.1, 0.15) is 11.8 Å². The zero-order valence-corrected chi connectivity index (χ0v) is 23.7. The minimum Gasteiger partial charge on any atom is -0.497 e. The number of rotatable bonds is 10. The molecule has 2 aliphatic heterocycles. The van der Waals surface area contributed by atoms with Gasteiger partial charge in [-0.15, -0.1) is 0 Å². The molecule has 4 amide bonds. The fourth-order valence-corrected chi connectivity index (χ4v) is 5.14. The second-order valence-corrected chi connectivity index (χ2v) is 9.84. The molecule has 0 aliphatic carbocycles. The van der Waals surface area contributed by atoms with Gasteiger partial charge in [0.25, 0.3) is 0 Å². The molecule has 2 heterocycles. The van der Waals surface area contributed by atoms with E-state index in [9.17, 15) is 23.2 Å². The highest BCUT2D eigenvalue weighted by atomic mass is 19.2. The molecule has 13 heteroatoms. The van der Waals surface area contributed by atoms with Gasteiger partial charge >= 0.3 is 18.0 Å². The third-order valence-corrected chi connectivity index (χ3v) is 7.27. The molecule has 2 aromatic carbocycles. The third kappa shape index (κ3) is 6.97. The fourth-order valence-electron chi connectivity index (χ4n) is 5.14. The number of methoxy groups -OCH3 is 3. The van der Waals surface area contributed by atoms with Crippen molar-refractivity contribution >= 4 is 23.7 Å². The SMILES string of the molecule is COCC1=C(C(=O)OC)[C@H](c2ccc(F)c(F)c2)N(C(=O)NCCNC2CCN(c3ccc(OC)cc3)CC2)C(=O)N1. The summed E-state index contributed by atoms with van der Waals surface area (Å²) in [5.74, 6) is -2.36. The smallest absolute Gasteiger partial charge is 0.338 e. The van der Waals surface area contributed by atoms with E-state index in [1.165, 1.54) is 13.2 Å². The van der Waals surface area contributed by atoms with Crippen LogP contribution >= 0.6 is 0 Å². The van der Waals surface area contributed by atoms with Gasteiger partial charge in [-0.3, -0.25) is 0 Å². The molecular weight excluding hydrogens is 552 g/mol. The number of urea groups is 2. The van der Waals surface area contributed by atoms with Crippen LogP contribution in [0.5, 0.6) is 5.75 Å². The predicted molar refractivity (Wildman–Crippen MR) is 150 cm³/mol. The van der Waals surface area contributed by atoms with Gasteiger partial charge < -0.3 is 35.1 Å². The normalized spacial score (nSPS) is 17.6. The van der Waals surface area contributed by atoms with Crippen LogP contribution in [0.1, 0.15) is 24.4 Å². The van der Waals surface area contributed by atoms with Crippen LogP contribution in [-0.4, -0.2) is 83.1 Å². The lowest BCUT2D eigenvalue weighted by molar-refractivity contribution is -0.137. The van der Waals surface area contributed by atoms with E-state index in [-0.39, 0.29) is 36.0 Å². The number of anilines is 1. The molecule has 1 atom stereocenters. The van der Waals surface area contributed by atoms with E-state index >= 15 is 0 Å². The number of piperidine rings is 1. The van der Waals surface area contributed by atoms with Gasteiger partial charge in [0.05, 0.1) is 32.1 Å². The van der Waals surface area contributed by atoms with Crippen molar-refractivity contribution in [3.63, 3.8) is 0 Å². The Bertz CT molecular complexity index is 1310. The molecule has 3 N–H and O–H groups in total. The molecule has 0 aromatic heterocycles. The van der Waals surface area contributed by atoms with E-state index in [0.717, 1.165) is 61.5 Å². The lowest BCUT2D eigenvalue weighted by Gasteiger charge is -2.37. The molecule has 42 heavy (non-hydrogen) atoms. The van der Waals surface area contributed by atoms with Gasteiger partial charge in [0, 0.05) is 45.0 Å². The number of carbonyl (C=O) groups is 3. The molecule has 2 aliphatic rings. The third-order valence-electron chi connectivity index (χ3n) is 7.27. The maximum atomic E-state index is 14.2. The molecule has 4 rings (SSSR count). The number of halogens is 2. The second-order valence-electron chi connectivity index (χ2n) is 9.84. The summed E-state index contributed by atoms with van der Waals surface area (Å²) in [6.07, 6.45) is 1.81.